The van der Waals surface area contributed by atoms with E-state index in [1.54, 1.807) is 12.1 Å². The Morgan fingerprint density at radius 1 is 0.278 bits per heavy atom. The SMILES string of the molecule is C.C.C.[2H]C([2H])([2H])Oc1cc2c(cc1OC)C([2H])([2H])C([2H])([2H])N1CC(C([2H])([2H])C(C)(C([2H])([2H])[2H])C([2H])([2H])[2H])C(O)CC21[2H].[2H]C([2H])([2H])Oc1cc2c(cc1OC)C([2H])([2H])C([2H])([2H])N1CC(CC(C)C)C(O)CC21[2H].[2H]C12CC(O)C(C([2H])([2H])C(C)(C([2H])([2H])[2H])C([2H])([2H])[2H])CN1C([2H])([2H])C([2H])([2H])c1cc(OC)c(OC)cc12.[2H]C12CC(O)C(C([2H])([2H])C(C)(C([2H])([2H])[2H])C([2H])([2H])[2H])CN1C([2H])([2H])C([2H])([2H])c1cc(OC)c(OC)cc12.[2H]C12CC(O)C(CC(C)C)CN1C([2H])([2H])C([2H])([2H])c1cc(OC)c(OC)cc12.[2H]C12CC(O)C(CC(C)C)CN1C([2H])([2H])C([2H])([2H])c1cc(OC)c(OC)cc12. The van der Waals surface area contributed by atoms with Crippen molar-refractivity contribution >= 4 is 0 Å². The maximum absolute atomic E-state index is 11.2. The fraction of sp³-hybridized carbons (Fsp3) is 0.700. The molecule has 0 saturated carbocycles. The molecular formula is C120H192N6O18. The molecule has 0 bridgehead atoms. The fourth-order valence-electron chi connectivity index (χ4n) is 19.7. The van der Waals surface area contributed by atoms with Gasteiger partial charge in [0.2, 0.25) is 0 Å². The van der Waals surface area contributed by atoms with Crippen LogP contribution in [0.2, 0.25) is 0 Å². The number of fused-ring (bicyclic) bond motifs is 18. The van der Waals surface area contributed by atoms with Crippen LogP contribution in [0.15, 0.2) is 72.8 Å². The summed E-state index contributed by atoms with van der Waals surface area (Å²) in [5.41, 5.74) is -9.51. The Kier molecular flexibility index (Phi) is 21.3. The van der Waals surface area contributed by atoms with Crippen molar-refractivity contribution in [1.29, 1.82) is 0 Å². The smallest absolute Gasteiger partial charge is 0.161 e. The Balaban J connectivity index is 0.000000243. The van der Waals surface area contributed by atoms with Crippen LogP contribution in [0.3, 0.4) is 0 Å². The molecule has 0 radical (unpaired) electrons. The topological polar surface area (TPSA) is 252 Å². The Morgan fingerprint density at radius 2 is 0.431 bits per heavy atom. The van der Waals surface area contributed by atoms with Crippen LogP contribution in [-0.2, 0) is 38.2 Å². The number of aryl methyl sites for hydroxylation is 6. The number of hydrogen-bond donors (Lipinski definition) is 6. The predicted octanol–water partition coefficient (Wildman–Crippen LogP) is 21.3. The molecule has 18 unspecified atom stereocenters. The summed E-state index contributed by atoms with van der Waals surface area (Å²) < 4.78 is 564. The number of benzene rings is 6. The lowest BCUT2D eigenvalue weighted by atomic mass is 9.75. The van der Waals surface area contributed by atoms with Crippen LogP contribution in [-0.4, -0.2) is 260 Å². The van der Waals surface area contributed by atoms with Crippen molar-refractivity contribution < 1.29 is 170 Å². The molecule has 12 heterocycles. The number of ether oxygens (including phenoxy) is 12. The van der Waals surface area contributed by atoms with Gasteiger partial charge >= 0.3 is 0 Å². The minimum absolute atomic E-state index is 0. The Labute approximate surface area is 952 Å². The van der Waals surface area contributed by atoms with Crippen LogP contribution in [0.4, 0.5) is 0 Å². The van der Waals surface area contributed by atoms with Gasteiger partial charge in [0, 0.05) is 180 Å². The van der Waals surface area contributed by atoms with E-state index in [0.717, 1.165) is 47.8 Å². The molecule has 6 fully saturated rings. The molecule has 12 aliphatic heterocycles. The second-order valence-electron chi connectivity index (χ2n) is 38.5. The maximum atomic E-state index is 11.2. The van der Waals surface area contributed by atoms with Gasteiger partial charge in [-0.05, 0) is 324 Å². The molecule has 0 aromatic heterocycles. The zero-order valence-corrected chi connectivity index (χ0v) is 83.5. The fourth-order valence-corrected chi connectivity index (χ4v) is 19.7. The van der Waals surface area contributed by atoms with Gasteiger partial charge in [-0.1, -0.05) is 126 Å². The van der Waals surface area contributed by atoms with Crippen molar-refractivity contribution in [3.8, 4) is 69.0 Å². The molecule has 6 saturated heterocycles. The minimum atomic E-state index is -3.41. The van der Waals surface area contributed by atoms with Crippen LogP contribution < -0.4 is 56.8 Å². The van der Waals surface area contributed by atoms with E-state index in [1.165, 1.54) is 122 Å². The monoisotopic (exact) mass is 2070 g/mol. The first-order valence-electron chi connectivity index (χ1n) is 77.0. The van der Waals surface area contributed by atoms with Gasteiger partial charge in [0.1, 0.15) is 0 Å². The minimum Gasteiger partial charge on any atom is -0.493 e. The largest absolute Gasteiger partial charge is 0.493 e. The van der Waals surface area contributed by atoms with Crippen LogP contribution in [0, 0.1) is 69.5 Å². The van der Waals surface area contributed by atoms with Crippen molar-refractivity contribution in [2.24, 2.45) is 69.5 Å². The number of piperidine rings is 6. The maximum Gasteiger partial charge on any atom is 0.161 e. The summed E-state index contributed by atoms with van der Waals surface area (Å²) in [4.78, 5) is 5.82. The highest BCUT2D eigenvalue weighted by Gasteiger charge is 2.47. The lowest BCUT2D eigenvalue weighted by molar-refractivity contribution is -0.0259. The molecule has 810 valence electrons. The van der Waals surface area contributed by atoms with E-state index in [1.807, 2.05) is 41.5 Å². The highest BCUT2D eigenvalue weighted by Crippen LogP contribution is 2.53. The number of rotatable bonds is 21. The van der Waals surface area contributed by atoms with Crippen molar-refractivity contribution in [1.82, 2.24) is 29.4 Å². The molecule has 18 atom stereocenters. The van der Waals surface area contributed by atoms with Crippen LogP contribution in [0.5, 0.6) is 69.0 Å². The van der Waals surface area contributed by atoms with Gasteiger partial charge in [-0.2, -0.15) is 0 Å². The van der Waals surface area contributed by atoms with E-state index in [-0.39, 0.29) is 187 Å². The van der Waals surface area contributed by atoms with E-state index in [0.29, 0.717) is 65.5 Å². The van der Waals surface area contributed by atoms with Crippen molar-refractivity contribution in [3.05, 3.63) is 140 Å². The average Bonchev–Trinajstić information content (AvgIpc) is 0.678. The van der Waals surface area contributed by atoms with Gasteiger partial charge in [0.15, 0.2) is 69.0 Å². The second-order valence-corrected chi connectivity index (χ2v) is 38.5. The number of hydrogen-bond acceptors (Lipinski definition) is 24. The summed E-state index contributed by atoms with van der Waals surface area (Å²) in [5, 5.41) is 65.7. The molecule has 144 heavy (non-hydrogen) atoms. The Morgan fingerprint density at radius 3 is 0.583 bits per heavy atom. The van der Waals surface area contributed by atoms with E-state index in [2.05, 4.69) is 0 Å². The van der Waals surface area contributed by atoms with E-state index >= 15 is 0 Å². The molecule has 0 amide bonds. The van der Waals surface area contributed by atoms with E-state index in [4.69, 9.17) is 134 Å². The first kappa shape index (κ1) is 59.3. The zero-order chi connectivity index (χ0) is 155. The quantitative estimate of drug-likeness (QED) is 0.0392. The molecule has 24 heteroatoms. The molecule has 24 nitrogen and oxygen atoms in total. The van der Waals surface area contributed by atoms with E-state index < -0.39 is 308 Å². The standard InChI is InChI=1S/3C20H31NO3.3C19H29NO3.3CH4/c3*1-20(2,3)11-14-12-21-7-6-13-8-18(23-4)19(24-5)9-15(13)16(21)10-17(14)22;3*1-12(2)7-14-11-20-6-5-13-8-18(22-3)19(23-4)9-15(13)16(20)10-17(14)21;;;/h3*8-9,14,16-17,22H,6-7,10-12H2,1-5H3;3*8-9,12,14,16-17,21H,5-7,10-11H2,1-4H3;3*1H4/i1D3,2D3,5D3,6D2,7D2,11D2,16D;2*1D3,2D3,6D2,7D2,11D2,16D;4D3,5D2,6D2,16D;2*5D2,6D2,16D;;;. The highest BCUT2D eigenvalue weighted by atomic mass is 16.5. The molecule has 18 rings (SSSR count). The molecule has 6 N–H and O–H groups in total. The normalized spacial score (nSPS) is 41.2. The third-order valence-electron chi connectivity index (χ3n) is 26.3. The number of nitrogens with zero attached hydrogens (tertiary/aromatic N) is 6. The molecule has 6 aromatic carbocycles. The predicted molar refractivity (Wildman–Crippen MR) is 581 cm³/mol. The number of methoxy groups -OCH3 is 12. The summed E-state index contributed by atoms with van der Waals surface area (Å²) >= 11 is 0. The third kappa shape index (κ3) is 28.6. The Hall–Kier alpha value is -7.56. The first-order chi connectivity index (χ1) is 90.4. The first-order valence-corrected chi connectivity index (χ1v) is 47.0. The van der Waals surface area contributed by atoms with Gasteiger partial charge in [-0.25, -0.2) is 0 Å². The van der Waals surface area contributed by atoms with Crippen molar-refractivity contribution in [2.45, 2.75) is 314 Å². The van der Waals surface area contributed by atoms with Gasteiger partial charge in [-0.15, -0.1) is 0 Å². The molecular weight excluding hydrogens is 1810 g/mol. The van der Waals surface area contributed by atoms with Crippen LogP contribution in [0.1, 0.15) is 388 Å². The molecule has 0 aliphatic carbocycles. The Bertz CT molecular complexity index is 7590. The molecule has 0 spiro atoms. The summed E-state index contributed by atoms with van der Waals surface area (Å²) in [7, 11) is 7.68. The van der Waals surface area contributed by atoms with Gasteiger partial charge in [0.25, 0.3) is 0 Å². The van der Waals surface area contributed by atoms with Gasteiger partial charge in [-0.3, -0.25) is 29.4 Å². The van der Waals surface area contributed by atoms with Crippen LogP contribution >= 0.6 is 0 Å². The molecule has 12 aliphatic rings. The van der Waals surface area contributed by atoms with E-state index in [9.17, 15) is 36.1 Å². The zero-order valence-electron chi connectivity index (χ0n) is 143. The summed E-state index contributed by atoms with van der Waals surface area (Å²) in [6.07, 6.45) is -33.3. The van der Waals surface area contributed by atoms with Crippen molar-refractivity contribution in [2.75, 3.05) is 163 Å². The lowest BCUT2D eigenvalue weighted by Crippen LogP contribution is -2.48. The molecule has 6 aromatic rings. The highest BCUT2D eigenvalue weighted by molar-refractivity contribution is 5.55. The van der Waals surface area contributed by atoms with Crippen LogP contribution in [0.25, 0.3) is 0 Å². The lowest BCUT2D eigenvalue weighted by Gasteiger charge is -2.47. The second kappa shape index (κ2) is 51.8. The summed E-state index contributed by atoms with van der Waals surface area (Å²) in [5.74, 6) is -4.60. The number of aliphatic hydroxyl groups excluding tert-OH is 6. The van der Waals surface area contributed by atoms with Crippen molar-refractivity contribution in [3.63, 3.8) is 0 Å². The summed E-state index contributed by atoms with van der Waals surface area (Å²) in [6.45, 7) is -24.6. The van der Waals surface area contributed by atoms with Gasteiger partial charge in [0.05, 0.1) is 138 Å². The average molecular weight is 2070 g/mol. The van der Waals surface area contributed by atoms with Gasteiger partial charge < -0.3 is 87.5 Å². The summed E-state index contributed by atoms with van der Waals surface area (Å²) in [6, 6.07) is 3.81. The number of aliphatic hydroxyl groups is 6. The third-order valence-corrected chi connectivity index (χ3v) is 26.3.